The van der Waals surface area contributed by atoms with Gasteiger partial charge in [-0.3, -0.25) is 0 Å². The van der Waals surface area contributed by atoms with E-state index in [1.54, 1.807) is 23.5 Å². The van der Waals surface area contributed by atoms with E-state index in [0.29, 0.717) is 34.0 Å². The molecule has 0 spiro atoms. The zero-order valence-electron chi connectivity index (χ0n) is 34.1. The number of fused-ring (bicyclic) bond motifs is 6. The van der Waals surface area contributed by atoms with Gasteiger partial charge in [0.15, 0.2) is 11.2 Å². The number of anilines is 6. The van der Waals surface area contributed by atoms with Crippen LogP contribution in [0.1, 0.15) is 0 Å². The lowest BCUT2D eigenvalue weighted by Crippen LogP contribution is -2.14. The number of nitrogens with zero attached hydrogens (tertiary/aromatic N) is 4. The van der Waals surface area contributed by atoms with Gasteiger partial charge in [-0.15, -0.1) is 0 Å². The first kappa shape index (κ1) is 36.8. The lowest BCUT2D eigenvalue weighted by atomic mass is 9.96. The van der Waals surface area contributed by atoms with Gasteiger partial charge in [0.2, 0.25) is 11.8 Å². The SMILES string of the molecule is c1ccc(-c2nc3c(-c4ccc(N5c6ccccc6Sc6ccccc65)cc4)c4oc(-c5ccccc5)nc4c(-c4ccc(N5c6ccccc6Sc6ccccc65)cc4)c3o2)cc1. The Bertz CT molecular complexity index is 3190. The highest BCUT2D eigenvalue weighted by Crippen LogP contribution is 2.54. The molecule has 0 radical (unpaired) electrons. The molecule has 0 saturated carbocycles. The van der Waals surface area contributed by atoms with Crippen LogP contribution in [0.5, 0.6) is 0 Å². The maximum absolute atomic E-state index is 6.94. The topological polar surface area (TPSA) is 58.5 Å². The fraction of sp³-hybridized carbons (Fsp3) is 0. The molecule has 2 aliphatic rings. The number of rotatable bonds is 6. The van der Waals surface area contributed by atoms with E-state index in [1.165, 1.54) is 19.6 Å². The number of hydrogen-bond acceptors (Lipinski definition) is 8. The summed E-state index contributed by atoms with van der Waals surface area (Å²) in [5.74, 6) is 1.06. The number of para-hydroxylation sites is 4. The van der Waals surface area contributed by atoms with E-state index in [4.69, 9.17) is 18.8 Å². The monoisotopic (exact) mass is 858 g/mol. The smallest absolute Gasteiger partial charge is 0.227 e. The predicted molar refractivity (Wildman–Crippen MR) is 261 cm³/mol. The molecule has 0 atom stereocenters. The molecule has 6 nitrogen and oxygen atoms in total. The van der Waals surface area contributed by atoms with E-state index in [9.17, 15) is 0 Å². The van der Waals surface area contributed by atoms with Gasteiger partial charge in [-0.25, -0.2) is 9.97 Å². The Balaban J connectivity index is 1.01. The fourth-order valence-electron chi connectivity index (χ4n) is 9.00. The first-order valence-corrected chi connectivity index (χ1v) is 22.8. The van der Waals surface area contributed by atoms with Gasteiger partial charge < -0.3 is 18.6 Å². The molecule has 0 bridgehead atoms. The van der Waals surface area contributed by atoms with Crippen LogP contribution in [0.15, 0.2) is 235 Å². The molecular formula is C56H34N4O2S2. The van der Waals surface area contributed by atoms with Crippen LogP contribution < -0.4 is 9.80 Å². The molecule has 13 rings (SSSR count). The molecule has 302 valence electrons. The summed E-state index contributed by atoms with van der Waals surface area (Å²) in [5, 5.41) is 0. The van der Waals surface area contributed by atoms with Crippen LogP contribution in [-0.4, -0.2) is 9.97 Å². The molecule has 9 aromatic carbocycles. The van der Waals surface area contributed by atoms with Crippen LogP contribution in [0.25, 0.3) is 67.4 Å². The van der Waals surface area contributed by atoms with Crippen molar-refractivity contribution in [2.24, 2.45) is 0 Å². The zero-order chi connectivity index (χ0) is 42.1. The number of aromatic nitrogens is 2. The molecule has 0 fully saturated rings. The van der Waals surface area contributed by atoms with Crippen LogP contribution in [0.3, 0.4) is 0 Å². The van der Waals surface area contributed by atoms with Gasteiger partial charge in [0.25, 0.3) is 0 Å². The highest BCUT2D eigenvalue weighted by atomic mass is 32.2. The largest absolute Gasteiger partial charge is 0.435 e. The molecule has 11 aromatic rings. The molecule has 0 unspecified atom stereocenters. The van der Waals surface area contributed by atoms with Gasteiger partial charge in [0.05, 0.1) is 33.9 Å². The van der Waals surface area contributed by atoms with Crippen molar-refractivity contribution >= 4 is 79.8 Å². The molecule has 64 heavy (non-hydrogen) atoms. The molecule has 4 heterocycles. The standard InChI is InChI=1S/C56H34N4O2S2/c1-3-15-37(16-4-1)55-57-51-49(35-27-31-39(32-28-35)59-41-19-7-11-23-45(41)63-46-24-12-8-20-42(46)59)54-52(58-56(62-54)38-17-5-2-6-18-38)50(53(51)61-55)36-29-33-40(34-30-36)60-43-21-9-13-25-47(43)64-48-26-14-10-22-44(48)60/h1-34H. The lowest BCUT2D eigenvalue weighted by molar-refractivity contribution is 0.619. The van der Waals surface area contributed by atoms with Gasteiger partial charge in [-0.05, 0) is 108 Å². The second-order valence-corrected chi connectivity index (χ2v) is 17.9. The van der Waals surface area contributed by atoms with Crippen molar-refractivity contribution in [3.05, 3.63) is 206 Å². The highest BCUT2D eigenvalue weighted by molar-refractivity contribution is 8.00. The van der Waals surface area contributed by atoms with E-state index in [-0.39, 0.29) is 0 Å². The lowest BCUT2D eigenvalue weighted by Gasteiger charge is -2.32. The Labute approximate surface area is 377 Å². The van der Waals surface area contributed by atoms with Gasteiger partial charge in [-0.2, -0.15) is 0 Å². The third kappa shape index (κ3) is 5.98. The van der Waals surface area contributed by atoms with E-state index in [0.717, 1.165) is 67.5 Å². The number of hydrogen-bond donors (Lipinski definition) is 0. The van der Waals surface area contributed by atoms with E-state index in [1.807, 2.05) is 60.7 Å². The third-order valence-corrected chi connectivity index (χ3v) is 14.2. The molecule has 0 N–H and O–H groups in total. The van der Waals surface area contributed by atoms with Crippen molar-refractivity contribution in [3.63, 3.8) is 0 Å². The summed E-state index contributed by atoms with van der Waals surface area (Å²) < 4.78 is 13.9. The normalized spacial score (nSPS) is 12.8. The highest BCUT2D eigenvalue weighted by Gasteiger charge is 2.30. The Morgan fingerprint density at radius 2 is 0.625 bits per heavy atom. The molecule has 0 saturated heterocycles. The second kappa shape index (κ2) is 14.9. The summed E-state index contributed by atoms with van der Waals surface area (Å²) in [7, 11) is 0. The summed E-state index contributed by atoms with van der Waals surface area (Å²) in [6.45, 7) is 0. The third-order valence-electron chi connectivity index (χ3n) is 11.9. The van der Waals surface area contributed by atoms with Crippen molar-refractivity contribution in [2.75, 3.05) is 9.80 Å². The molecule has 0 aliphatic carbocycles. The maximum atomic E-state index is 6.94. The van der Waals surface area contributed by atoms with Crippen molar-refractivity contribution < 1.29 is 8.83 Å². The maximum Gasteiger partial charge on any atom is 0.227 e. The van der Waals surface area contributed by atoms with E-state index >= 15 is 0 Å². The van der Waals surface area contributed by atoms with Crippen LogP contribution in [-0.2, 0) is 0 Å². The summed E-state index contributed by atoms with van der Waals surface area (Å²) >= 11 is 3.61. The minimum absolute atomic E-state index is 0.528. The van der Waals surface area contributed by atoms with Gasteiger partial charge in [-0.1, -0.05) is 133 Å². The van der Waals surface area contributed by atoms with Crippen LogP contribution in [0, 0.1) is 0 Å². The second-order valence-electron chi connectivity index (χ2n) is 15.7. The molecular weight excluding hydrogens is 825 g/mol. The van der Waals surface area contributed by atoms with Gasteiger partial charge in [0, 0.05) is 42.1 Å². The number of oxazole rings is 2. The molecule has 0 amide bonds. The predicted octanol–water partition coefficient (Wildman–Crippen LogP) is 16.5. The van der Waals surface area contributed by atoms with Crippen LogP contribution in [0.4, 0.5) is 34.1 Å². The summed E-state index contributed by atoms with van der Waals surface area (Å²) in [6, 6.07) is 71.9. The Kier molecular flexibility index (Phi) is 8.60. The van der Waals surface area contributed by atoms with E-state index in [2.05, 4.69) is 155 Å². The first-order chi connectivity index (χ1) is 31.7. The van der Waals surface area contributed by atoms with Crippen molar-refractivity contribution in [1.29, 1.82) is 0 Å². The van der Waals surface area contributed by atoms with Gasteiger partial charge in [0.1, 0.15) is 11.0 Å². The summed E-state index contributed by atoms with van der Waals surface area (Å²) in [5.41, 5.74) is 14.7. The Morgan fingerprint density at radius 1 is 0.312 bits per heavy atom. The van der Waals surface area contributed by atoms with E-state index < -0.39 is 0 Å². The number of benzene rings is 9. The van der Waals surface area contributed by atoms with Crippen LogP contribution >= 0.6 is 23.5 Å². The fourth-order valence-corrected chi connectivity index (χ4v) is 11.1. The summed E-state index contributed by atoms with van der Waals surface area (Å²) in [4.78, 5) is 20.2. The van der Waals surface area contributed by atoms with Crippen LogP contribution in [0.2, 0.25) is 0 Å². The minimum atomic E-state index is 0.528. The summed E-state index contributed by atoms with van der Waals surface area (Å²) in [6.07, 6.45) is 0. The van der Waals surface area contributed by atoms with Crippen molar-refractivity contribution in [3.8, 4) is 45.2 Å². The quantitative estimate of drug-likeness (QED) is 0.164. The molecule has 2 aromatic heterocycles. The average molecular weight is 859 g/mol. The molecule has 2 aliphatic heterocycles. The Hall–Kier alpha value is -7.78. The average Bonchev–Trinajstić information content (AvgIpc) is 4.01. The minimum Gasteiger partial charge on any atom is -0.435 e. The van der Waals surface area contributed by atoms with Gasteiger partial charge >= 0.3 is 0 Å². The van der Waals surface area contributed by atoms with Crippen molar-refractivity contribution in [2.45, 2.75) is 19.6 Å². The zero-order valence-corrected chi connectivity index (χ0v) is 35.7. The van der Waals surface area contributed by atoms with Crippen molar-refractivity contribution in [1.82, 2.24) is 9.97 Å². The first-order valence-electron chi connectivity index (χ1n) is 21.1. The Morgan fingerprint density at radius 3 is 0.969 bits per heavy atom. The molecule has 8 heteroatoms.